The second-order valence-electron chi connectivity index (χ2n) is 6.98. The Morgan fingerprint density at radius 3 is 2.45 bits per heavy atom. The van der Waals surface area contributed by atoms with E-state index in [1.165, 1.54) is 5.56 Å². The van der Waals surface area contributed by atoms with Crippen LogP contribution in [0, 0.1) is 6.92 Å². The number of aromatic nitrogens is 4. The van der Waals surface area contributed by atoms with Crippen LogP contribution in [0.1, 0.15) is 22.7 Å². The van der Waals surface area contributed by atoms with Crippen LogP contribution >= 0.6 is 11.6 Å². The highest BCUT2D eigenvalue weighted by Crippen LogP contribution is 2.36. The summed E-state index contributed by atoms with van der Waals surface area (Å²) in [5, 5.41) is 8.92. The molecule has 0 aliphatic carbocycles. The normalized spacial score (nSPS) is 15.4. The number of allylic oxidation sites excluding steroid dienone is 1. The van der Waals surface area contributed by atoms with E-state index in [9.17, 15) is 0 Å². The minimum absolute atomic E-state index is 0.171. The average Bonchev–Trinajstić information content (AvgIpc) is 3.19. The molecule has 4 aromatic rings. The predicted molar refractivity (Wildman–Crippen MR) is 116 cm³/mol. The fourth-order valence-electron chi connectivity index (χ4n) is 3.45. The topological polar surface area (TPSA) is 55.6 Å². The average molecular weight is 400 g/mol. The van der Waals surface area contributed by atoms with E-state index in [1.54, 1.807) is 12.4 Å². The van der Waals surface area contributed by atoms with Gasteiger partial charge in [0.05, 0.1) is 0 Å². The van der Waals surface area contributed by atoms with Crippen LogP contribution in [0.25, 0.3) is 17.1 Å². The van der Waals surface area contributed by atoms with Crippen molar-refractivity contribution in [2.24, 2.45) is 0 Å². The van der Waals surface area contributed by atoms with E-state index >= 15 is 0 Å². The molecule has 0 spiro atoms. The van der Waals surface area contributed by atoms with Crippen molar-refractivity contribution >= 4 is 23.2 Å². The van der Waals surface area contributed by atoms with E-state index in [4.69, 9.17) is 21.7 Å². The van der Waals surface area contributed by atoms with Gasteiger partial charge in [0.1, 0.15) is 6.04 Å². The van der Waals surface area contributed by atoms with Crippen molar-refractivity contribution in [3.63, 3.8) is 0 Å². The summed E-state index contributed by atoms with van der Waals surface area (Å²) in [4.78, 5) is 8.89. The SMILES string of the molecule is Cc1ccc(-c2nc3n(n2)C(c2ccccc2Cl)C=C(c2ccncc2)N3)cc1. The fourth-order valence-corrected chi connectivity index (χ4v) is 3.70. The zero-order valence-corrected chi connectivity index (χ0v) is 16.5. The third-order valence-corrected chi connectivity index (χ3v) is 5.33. The van der Waals surface area contributed by atoms with Crippen LogP contribution in [0.5, 0.6) is 0 Å². The number of nitrogens with zero attached hydrogens (tertiary/aromatic N) is 4. The fraction of sp³-hybridized carbons (Fsp3) is 0.0870. The summed E-state index contributed by atoms with van der Waals surface area (Å²) < 4.78 is 1.89. The number of hydrogen-bond donors (Lipinski definition) is 1. The van der Waals surface area contributed by atoms with Gasteiger partial charge < -0.3 is 5.32 Å². The van der Waals surface area contributed by atoms with Crippen LogP contribution in [0.3, 0.4) is 0 Å². The highest BCUT2D eigenvalue weighted by molar-refractivity contribution is 6.31. The van der Waals surface area contributed by atoms with Crippen LogP contribution in [0.2, 0.25) is 5.02 Å². The predicted octanol–water partition coefficient (Wildman–Crippen LogP) is 5.36. The molecule has 5 nitrogen and oxygen atoms in total. The number of fused-ring (bicyclic) bond motifs is 1. The molecule has 0 radical (unpaired) electrons. The van der Waals surface area contributed by atoms with Crippen molar-refractivity contribution in [3.8, 4) is 11.4 Å². The second-order valence-corrected chi connectivity index (χ2v) is 7.38. The molecule has 6 heteroatoms. The summed E-state index contributed by atoms with van der Waals surface area (Å²) >= 11 is 6.54. The first kappa shape index (κ1) is 17.6. The van der Waals surface area contributed by atoms with Gasteiger partial charge in [-0.15, -0.1) is 5.10 Å². The molecule has 1 atom stereocenters. The van der Waals surface area contributed by atoms with Gasteiger partial charge in [0.15, 0.2) is 5.82 Å². The standard InChI is InChI=1S/C23H18ClN5/c1-15-6-8-17(9-7-15)22-27-23-26-20(16-10-12-25-13-11-16)14-21(29(23)28-22)18-4-2-3-5-19(18)24/h2-14,21H,1H3,(H,26,27,28). The zero-order chi connectivity index (χ0) is 19.8. The molecule has 29 heavy (non-hydrogen) atoms. The molecular formula is C23H18ClN5. The van der Waals surface area contributed by atoms with E-state index < -0.39 is 0 Å². The molecule has 1 aliphatic rings. The number of nitrogens with one attached hydrogen (secondary N) is 1. The molecule has 3 heterocycles. The molecule has 142 valence electrons. The van der Waals surface area contributed by atoms with E-state index in [0.717, 1.165) is 22.4 Å². The van der Waals surface area contributed by atoms with Crippen molar-refractivity contribution in [2.75, 3.05) is 5.32 Å². The Morgan fingerprint density at radius 2 is 1.69 bits per heavy atom. The van der Waals surface area contributed by atoms with Crippen LogP contribution in [-0.2, 0) is 0 Å². The Bertz CT molecular complexity index is 1200. The van der Waals surface area contributed by atoms with Crippen molar-refractivity contribution in [2.45, 2.75) is 13.0 Å². The van der Waals surface area contributed by atoms with Gasteiger partial charge in [-0.3, -0.25) is 4.98 Å². The Morgan fingerprint density at radius 1 is 0.931 bits per heavy atom. The number of hydrogen-bond acceptors (Lipinski definition) is 4. The molecular weight excluding hydrogens is 382 g/mol. The van der Waals surface area contributed by atoms with Crippen LogP contribution in [0.4, 0.5) is 5.95 Å². The number of benzene rings is 2. The molecule has 5 rings (SSSR count). The smallest absolute Gasteiger partial charge is 0.227 e. The van der Waals surface area contributed by atoms with E-state index in [-0.39, 0.29) is 6.04 Å². The van der Waals surface area contributed by atoms with Gasteiger partial charge in [-0.25, -0.2) is 4.68 Å². The van der Waals surface area contributed by atoms with Crippen LogP contribution in [0.15, 0.2) is 79.1 Å². The summed E-state index contributed by atoms with van der Waals surface area (Å²) in [7, 11) is 0. The van der Waals surface area contributed by atoms with Gasteiger partial charge >= 0.3 is 0 Å². The van der Waals surface area contributed by atoms with Gasteiger partial charge in [-0.1, -0.05) is 59.6 Å². The Balaban J connectivity index is 1.65. The molecule has 0 amide bonds. The summed E-state index contributed by atoms with van der Waals surface area (Å²) in [6, 6.07) is 19.8. The van der Waals surface area contributed by atoms with Crippen molar-refractivity contribution in [1.29, 1.82) is 0 Å². The first-order valence-corrected chi connectivity index (χ1v) is 9.74. The van der Waals surface area contributed by atoms with Gasteiger partial charge in [0.2, 0.25) is 5.95 Å². The zero-order valence-electron chi connectivity index (χ0n) is 15.7. The number of rotatable bonds is 3. The Kier molecular flexibility index (Phi) is 4.37. The maximum atomic E-state index is 6.54. The minimum atomic E-state index is -0.171. The summed E-state index contributed by atoms with van der Waals surface area (Å²) in [6.07, 6.45) is 5.68. The molecule has 1 aliphatic heterocycles. The van der Waals surface area contributed by atoms with Crippen LogP contribution < -0.4 is 5.32 Å². The molecule has 0 fully saturated rings. The molecule has 2 aromatic carbocycles. The van der Waals surface area contributed by atoms with E-state index in [2.05, 4.69) is 35.4 Å². The lowest BCUT2D eigenvalue weighted by molar-refractivity contribution is 0.613. The minimum Gasteiger partial charge on any atom is -0.324 e. The lowest BCUT2D eigenvalue weighted by atomic mass is 10.0. The molecule has 2 aromatic heterocycles. The van der Waals surface area contributed by atoms with Crippen LogP contribution in [-0.4, -0.2) is 19.7 Å². The first-order valence-electron chi connectivity index (χ1n) is 9.36. The third-order valence-electron chi connectivity index (χ3n) is 4.99. The molecule has 1 N–H and O–H groups in total. The monoisotopic (exact) mass is 399 g/mol. The molecule has 0 saturated heterocycles. The van der Waals surface area contributed by atoms with Crippen molar-refractivity contribution in [3.05, 3.63) is 101 Å². The maximum Gasteiger partial charge on any atom is 0.227 e. The molecule has 1 unspecified atom stereocenters. The number of pyridine rings is 1. The number of anilines is 1. The van der Waals surface area contributed by atoms with E-state index in [1.807, 2.05) is 53.2 Å². The summed E-state index contributed by atoms with van der Waals surface area (Å²) in [5.74, 6) is 1.36. The number of aryl methyl sites for hydroxylation is 1. The van der Waals surface area contributed by atoms with Crippen molar-refractivity contribution in [1.82, 2.24) is 19.7 Å². The Hall–Kier alpha value is -3.44. The Labute approximate surface area is 173 Å². The maximum absolute atomic E-state index is 6.54. The summed E-state index contributed by atoms with van der Waals surface area (Å²) in [5.41, 5.74) is 5.13. The lowest BCUT2D eigenvalue weighted by Crippen LogP contribution is -2.20. The van der Waals surface area contributed by atoms with E-state index in [0.29, 0.717) is 16.8 Å². The van der Waals surface area contributed by atoms with Crippen molar-refractivity contribution < 1.29 is 0 Å². The highest BCUT2D eigenvalue weighted by atomic mass is 35.5. The van der Waals surface area contributed by atoms with Gasteiger partial charge in [0, 0.05) is 34.2 Å². The third kappa shape index (κ3) is 3.30. The van der Waals surface area contributed by atoms with Gasteiger partial charge in [-0.2, -0.15) is 4.98 Å². The highest BCUT2D eigenvalue weighted by Gasteiger charge is 2.26. The second kappa shape index (κ2) is 7.18. The van der Waals surface area contributed by atoms with Gasteiger partial charge in [0.25, 0.3) is 0 Å². The molecule has 0 bridgehead atoms. The summed E-state index contributed by atoms with van der Waals surface area (Å²) in [6.45, 7) is 2.06. The largest absolute Gasteiger partial charge is 0.324 e. The quantitative estimate of drug-likeness (QED) is 0.504. The molecule has 0 saturated carbocycles. The number of halogens is 1. The first-order chi connectivity index (χ1) is 14.2. The van der Waals surface area contributed by atoms with Gasteiger partial charge in [-0.05, 0) is 36.8 Å². The lowest BCUT2D eigenvalue weighted by Gasteiger charge is -2.24.